The van der Waals surface area contributed by atoms with E-state index >= 15 is 0 Å². The molecule has 4 heterocycles. The normalized spacial score (nSPS) is 20.3. The van der Waals surface area contributed by atoms with Gasteiger partial charge in [0.1, 0.15) is 23.1 Å². The van der Waals surface area contributed by atoms with Crippen LogP contribution in [0.1, 0.15) is 54.6 Å². The minimum Gasteiger partial charge on any atom is -0.356 e. The molecule has 172 valence electrons. The van der Waals surface area contributed by atoms with Gasteiger partial charge in [-0.25, -0.2) is 14.4 Å². The van der Waals surface area contributed by atoms with E-state index in [4.69, 9.17) is 11.6 Å². The van der Waals surface area contributed by atoms with E-state index < -0.39 is 5.67 Å². The Labute approximate surface area is 197 Å². The Balaban J connectivity index is 1.29. The van der Waals surface area contributed by atoms with Crippen molar-refractivity contribution < 1.29 is 4.39 Å². The maximum atomic E-state index is 14.6. The van der Waals surface area contributed by atoms with Crippen LogP contribution in [0.4, 0.5) is 10.2 Å². The number of aryl methyl sites for hydroxylation is 1. The van der Waals surface area contributed by atoms with Crippen molar-refractivity contribution in [3.63, 3.8) is 0 Å². The summed E-state index contributed by atoms with van der Waals surface area (Å²) in [5, 5.41) is 9.94. The predicted molar refractivity (Wildman–Crippen MR) is 125 cm³/mol. The van der Waals surface area contributed by atoms with Crippen molar-refractivity contribution in [2.45, 2.75) is 57.3 Å². The van der Waals surface area contributed by atoms with Crippen LogP contribution in [-0.4, -0.2) is 54.9 Å². The van der Waals surface area contributed by atoms with Gasteiger partial charge in [-0.2, -0.15) is 0 Å². The Kier molecular flexibility index (Phi) is 5.10. The highest BCUT2D eigenvalue weighted by Gasteiger charge is 2.45. The molecular weight excluding hydrogens is 441 g/mol. The van der Waals surface area contributed by atoms with Gasteiger partial charge in [0, 0.05) is 43.3 Å². The molecule has 0 N–H and O–H groups in total. The molecule has 3 aromatic rings. The fraction of sp³-hybridized carbons (Fsp3) is 0.500. The lowest BCUT2D eigenvalue weighted by molar-refractivity contribution is 0.162. The summed E-state index contributed by atoms with van der Waals surface area (Å²) >= 11 is 6.35. The fourth-order valence-electron chi connectivity index (χ4n) is 5.15. The van der Waals surface area contributed by atoms with Gasteiger partial charge < -0.3 is 4.90 Å². The molecule has 9 heteroatoms. The summed E-state index contributed by atoms with van der Waals surface area (Å²) in [5.74, 6) is 3.95. The van der Waals surface area contributed by atoms with Crippen LogP contribution in [0.15, 0.2) is 30.5 Å². The maximum Gasteiger partial charge on any atom is 0.151 e. The third-order valence-electron chi connectivity index (χ3n) is 7.04. The molecule has 0 spiro atoms. The molecule has 0 unspecified atom stereocenters. The molecule has 1 aliphatic carbocycles. The summed E-state index contributed by atoms with van der Waals surface area (Å²) in [6, 6.07) is 7.95. The standard InChI is InChI=1S/C24H27ClFN7/c1-16-27-9-4-21(28-16)32-10-5-17(6-11-32)23-30-29-22-14-31(15-24(26)7-8-24)13-18-12-19(25)2-3-20(18)33(22)23/h2-4,9,12,17H,5-8,10-11,13-15H2,1H3. The lowest BCUT2D eigenvalue weighted by atomic mass is 9.95. The Morgan fingerprint density at radius 1 is 1.12 bits per heavy atom. The van der Waals surface area contributed by atoms with Gasteiger partial charge in [0.2, 0.25) is 0 Å². The maximum absolute atomic E-state index is 14.6. The summed E-state index contributed by atoms with van der Waals surface area (Å²) in [7, 11) is 0. The van der Waals surface area contributed by atoms with Gasteiger partial charge in [0.15, 0.2) is 5.82 Å². The molecule has 0 atom stereocenters. The summed E-state index contributed by atoms with van der Waals surface area (Å²) in [5.41, 5.74) is 1.11. The topological polar surface area (TPSA) is 63.0 Å². The van der Waals surface area contributed by atoms with Gasteiger partial charge in [0.25, 0.3) is 0 Å². The van der Waals surface area contributed by atoms with Crippen molar-refractivity contribution in [2.24, 2.45) is 0 Å². The molecule has 6 rings (SSSR count). The Hall–Kier alpha value is -2.58. The summed E-state index contributed by atoms with van der Waals surface area (Å²) in [6.07, 6.45) is 5.06. The Morgan fingerprint density at radius 3 is 2.70 bits per heavy atom. The highest BCUT2D eigenvalue weighted by atomic mass is 35.5. The average molecular weight is 468 g/mol. The second kappa shape index (κ2) is 8.02. The highest BCUT2D eigenvalue weighted by Crippen LogP contribution is 2.42. The van der Waals surface area contributed by atoms with Crippen molar-refractivity contribution in [3.8, 4) is 5.69 Å². The smallest absolute Gasteiger partial charge is 0.151 e. The van der Waals surface area contributed by atoms with Crippen LogP contribution in [0.3, 0.4) is 0 Å². The average Bonchev–Trinajstić information content (AvgIpc) is 3.42. The van der Waals surface area contributed by atoms with Crippen LogP contribution in [0.2, 0.25) is 5.02 Å². The molecule has 7 nitrogen and oxygen atoms in total. The van der Waals surface area contributed by atoms with Crippen LogP contribution in [0.25, 0.3) is 5.69 Å². The number of hydrogen-bond acceptors (Lipinski definition) is 6. The molecule has 0 bridgehead atoms. The summed E-state index contributed by atoms with van der Waals surface area (Å²) in [6.45, 7) is 5.42. The molecular formula is C24H27ClFN7. The number of benzene rings is 1. The highest BCUT2D eigenvalue weighted by molar-refractivity contribution is 6.30. The zero-order valence-electron chi connectivity index (χ0n) is 18.7. The molecule has 2 fully saturated rings. The molecule has 1 saturated heterocycles. The van der Waals surface area contributed by atoms with Crippen LogP contribution in [0.5, 0.6) is 0 Å². The first-order chi connectivity index (χ1) is 16.0. The zero-order valence-corrected chi connectivity index (χ0v) is 19.5. The Morgan fingerprint density at radius 2 is 1.94 bits per heavy atom. The first-order valence-electron chi connectivity index (χ1n) is 11.7. The lowest BCUT2D eigenvalue weighted by Gasteiger charge is -2.32. The van der Waals surface area contributed by atoms with E-state index in [-0.39, 0.29) is 0 Å². The second-order valence-corrected chi connectivity index (χ2v) is 10.0. The van der Waals surface area contributed by atoms with E-state index in [0.29, 0.717) is 43.4 Å². The van der Waals surface area contributed by atoms with Crippen molar-refractivity contribution in [3.05, 3.63) is 58.5 Å². The number of aromatic nitrogens is 5. The molecule has 1 saturated carbocycles. The van der Waals surface area contributed by atoms with E-state index in [9.17, 15) is 4.39 Å². The largest absolute Gasteiger partial charge is 0.356 e. The molecule has 0 amide bonds. The zero-order chi connectivity index (χ0) is 22.6. The third-order valence-corrected chi connectivity index (χ3v) is 7.28. The first kappa shape index (κ1) is 21.0. The minimum atomic E-state index is -1.05. The number of nitrogens with zero attached hydrogens (tertiary/aromatic N) is 7. The van der Waals surface area contributed by atoms with Crippen LogP contribution >= 0.6 is 11.6 Å². The van der Waals surface area contributed by atoms with Crippen LogP contribution in [-0.2, 0) is 13.1 Å². The van der Waals surface area contributed by atoms with Crippen molar-refractivity contribution in [1.29, 1.82) is 0 Å². The number of halogens is 2. The molecule has 3 aliphatic rings. The number of fused-ring (bicyclic) bond motifs is 3. The van der Waals surface area contributed by atoms with Crippen molar-refractivity contribution in [1.82, 2.24) is 29.6 Å². The van der Waals surface area contributed by atoms with E-state index in [0.717, 1.165) is 60.5 Å². The van der Waals surface area contributed by atoms with E-state index in [1.165, 1.54) is 0 Å². The molecule has 1 aromatic carbocycles. The second-order valence-electron chi connectivity index (χ2n) is 9.60. The van der Waals surface area contributed by atoms with Gasteiger partial charge in [-0.3, -0.25) is 9.47 Å². The van der Waals surface area contributed by atoms with Crippen LogP contribution < -0.4 is 4.90 Å². The molecule has 2 aliphatic heterocycles. The minimum absolute atomic E-state index is 0.302. The third kappa shape index (κ3) is 4.10. The number of piperidine rings is 1. The number of alkyl halides is 1. The fourth-order valence-corrected chi connectivity index (χ4v) is 5.34. The van der Waals surface area contributed by atoms with Gasteiger partial charge >= 0.3 is 0 Å². The predicted octanol–water partition coefficient (Wildman–Crippen LogP) is 4.22. The van der Waals surface area contributed by atoms with Gasteiger partial charge in [0.05, 0.1) is 12.2 Å². The molecule has 33 heavy (non-hydrogen) atoms. The molecule has 2 aromatic heterocycles. The summed E-state index contributed by atoms with van der Waals surface area (Å²) < 4.78 is 16.8. The number of anilines is 1. The lowest BCUT2D eigenvalue weighted by Crippen LogP contribution is -2.34. The van der Waals surface area contributed by atoms with Gasteiger partial charge in [-0.05, 0) is 62.4 Å². The quantitative estimate of drug-likeness (QED) is 0.572. The van der Waals surface area contributed by atoms with Crippen molar-refractivity contribution >= 4 is 17.4 Å². The Bertz CT molecular complexity index is 1180. The van der Waals surface area contributed by atoms with Gasteiger partial charge in [-0.1, -0.05) is 11.6 Å². The van der Waals surface area contributed by atoms with E-state index in [2.05, 4.69) is 40.6 Å². The van der Waals surface area contributed by atoms with E-state index in [1.807, 2.05) is 31.3 Å². The number of rotatable bonds is 4. The van der Waals surface area contributed by atoms with Gasteiger partial charge in [-0.15, -0.1) is 10.2 Å². The van der Waals surface area contributed by atoms with E-state index in [1.54, 1.807) is 0 Å². The van der Waals surface area contributed by atoms with Crippen LogP contribution in [0, 0.1) is 6.92 Å². The first-order valence-corrected chi connectivity index (χ1v) is 12.0. The monoisotopic (exact) mass is 467 g/mol. The molecule has 0 radical (unpaired) electrons. The SMILES string of the molecule is Cc1nccc(N2CCC(c3nnc4n3-c3ccc(Cl)cc3CN(CC3(F)CC3)C4)CC2)n1. The number of hydrogen-bond donors (Lipinski definition) is 0. The summed E-state index contributed by atoms with van der Waals surface area (Å²) in [4.78, 5) is 13.3. The van der Waals surface area contributed by atoms with Crippen molar-refractivity contribution in [2.75, 3.05) is 24.5 Å².